The maximum atomic E-state index is 12.6. The third-order valence-electron chi connectivity index (χ3n) is 5.22. The van der Waals surface area contributed by atoms with Crippen molar-refractivity contribution in [3.63, 3.8) is 0 Å². The molecule has 0 saturated carbocycles. The van der Waals surface area contributed by atoms with Gasteiger partial charge in [0.2, 0.25) is 0 Å². The predicted molar refractivity (Wildman–Crippen MR) is 156 cm³/mol. The van der Waals surface area contributed by atoms with Crippen molar-refractivity contribution in [1.29, 1.82) is 0 Å². The van der Waals surface area contributed by atoms with E-state index < -0.39 is 0 Å². The summed E-state index contributed by atoms with van der Waals surface area (Å²) >= 11 is 20.5. The van der Waals surface area contributed by atoms with E-state index in [1.54, 1.807) is 25.3 Å². The monoisotopic (exact) mass is 668 g/mol. The van der Waals surface area contributed by atoms with Crippen LogP contribution in [-0.2, 0) is 11.4 Å². The molecule has 1 aliphatic rings. The topological polar surface area (TPSA) is 59.9 Å². The number of carbonyl (C=O) groups is 1. The fourth-order valence-corrected chi connectivity index (χ4v) is 5.45. The summed E-state index contributed by atoms with van der Waals surface area (Å²) in [6.45, 7) is 4.30. The van der Waals surface area contributed by atoms with Crippen molar-refractivity contribution in [1.82, 2.24) is 5.32 Å². The summed E-state index contributed by atoms with van der Waals surface area (Å²) in [4.78, 5) is 17.7. The first-order valence-electron chi connectivity index (χ1n) is 10.6. The molecule has 0 bridgehead atoms. The van der Waals surface area contributed by atoms with Crippen molar-refractivity contribution < 1.29 is 14.3 Å². The van der Waals surface area contributed by atoms with Crippen molar-refractivity contribution in [2.75, 3.05) is 7.11 Å². The van der Waals surface area contributed by atoms with Crippen LogP contribution in [0.25, 0.3) is 6.08 Å². The first kappa shape index (κ1) is 27.1. The third kappa shape index (κ3) is 6.29. The van der Waals surface area contributed by atoms with Crippen molar-refractivity contribution >= 4 is 89.7 Å². The largest absolute Gasteiger partial charge is 0.493 e. The van der Waals surface area contributed by atoms with Crippen LogP contribution in [0.2, 0.25) is 10.0 Å². The summed E-state index contributed by atoms with van der Waals surface area (Å²) < 4.78 is 13.3. The fourth-order valence-electron chi connectivity index (χ4n) is 3.48. The molecule has 3 aromatic carbocycles. The maximum Gasteiger partial charge on any atom is 0.264 e. The van der Waals surface area contributed by atoms with Crippen LogP contribution in [0, 0.1) is 13.8 Å². The Bertz CT molecular complexity index is 1400. The smallest absolute Gasteiger partial charge is 0.264 e. The number of rotatable bonds is 6. The van der Waals surface area contributed by atoms with Gasteiger partial charge < -0.3 is 14.8 Å². The Morgan fingerprint density at radius 1 is 1.06 bits per heavy atom. The molecule has 0 unspecified atom stereocenters. The minimum absolute atomic E-state index is 0.209. The molecule has 1 saturated heterocycles. The Kier molecular flexibility index (Phi) is 8.73. The van der Waals surface area contributed by atoms with E-state index >= 15 is 0 Å². The van der Waals surface area contributed by atoms with E-state index in [0.717, 1.165) is 32.4 Å². The van der Waals surface area contributed by atoms with Gasteiger partial charge in [-0.3, -0.25) is 4.79 Å². The van der Waals surface area contributed by atoms with Crippen LogP contribution in [-0.4, -0.2) is 18.2 Å². The molecule has 1 heterocycles. The van der Waals surface area contributed by atoms with Crippen molar-refractivity contribution in [2.45, 2.75) is 20.5 Å². The summed E-state index contributed by atoms with van der Waals surface area (Å²) in [5, 5.41) is 4.31. The molecular weight excluding hydrogens is 651 g/mol. The van der Waals surface area contributed by atoms with Gasteiger partial charge in [0.1, 0.15) is 6.61 Å². The minimum atomic E-state index is -0.209. The lowest BCUT2D eigenvalue weighted by molar-refractivity contribution is -0.115. The summed E-state index contributed by atoms with van der Waals surface area (Å²) in [7, 11) is 1.56. The van der Waals surface area contributed by atoms with E-state index in [0.29, 0.717) is 36.1 Å². The van der Waals surface area contributed by atoms with Gasteiger partial charge in [-0.25, -0.2) is 4.99 Å². The van der Waals surface area contributed by atoms with E-state index in [2.05, 4.69) is 42.2 Å². The van der Waals surface area contributed by atoms with Gasteiger partial charge in [0.15, 0.2) is 16.7 Å². The zero-order valence-corrected chi connectivity index (χ0v) is 24.9. The Hall–Kier alpha value is -1.97. The number of halogens is 4. The summed E-state index contributed by atoms with van der Waals surface area (Å²) in [6.07, 6.45) is 1.79. The van der Waals surface area contributed by atoms with E-state index in [4.69, 9.17) is 32.7 Å². The zero-order chi connectivity index (χ0) is 26.0. The van der Waals surface area contributed by atoms with Crippen LogP contribution in [0.15, 0.2) is 61.3 Å². The SMILES string of the molecule is COc1cc(/C=C2\SC(=Nc3cc(C)c(Br)c(C)c3)NC2=O)cc(Br)c1OCc1ccc(Cl)c(Cl)c1. The highest BCUT2D eigenvalue weighted by Gasteiger charge is 2.24. The van der Waals surface area contributed by atoms with E-state index in [1.165, 1.54) is 11.8 Å². The van der Waals surface area contributed by atoms with Crippen LogP contribution < -0.4 is 14.8 Å². The molecule has 5 nitrogen and oxygen atoms in total. The number of amidine groups is 1. The molecule has 0 atom stereocenters. The number of thioether (sulfide) groups is 1. The van der Waals surface area contributed by atoms with Crippen LogP contribution in [0.4, 0.5) is 5.69 Å². The summed E-state index contributed by atoms with van der Waals surface area (Å²) in [6, 6.07) is 12.9. The number of amides is 1. The molecule has 4 rings (SSSR count). The number of carbonyl (C=O) groups excluding carboxylic acids is 1. The van der Waals surface area contributed by atoms with Gasteiger partial charge in [0.25, 0.3) is 5.91 Å². The molecule has 36 heavy (non-hydrogen) atoms. The van der Waals surface area contributed by atoms with Crippen molar-refractivity contribution in [2.24, 2.45) is 4.99 Å². The third-order valence-corrected chi connectivity index (χ3v) is 8.71. The number of aryl methyl sites for hydroxylation is 2. The van der Waals surface area contributed by atoms with Gasteiger partial charge in [-0.15, -0.1) is 0 Å². The Morgan fingerprint density at radius 3 is 2.44 bits per heavy atom. The number of aliphatic imine (C=N–C) groups is 1. The molecule has 1 N–H and O–H groups in total. The van der Waals surface area contributed by atoms with Gasteiger partial charge in [0.05, 0.1) is 32.2 Å². The van der Waals surface area contributed by atoms with Crippen molar-refractivity contribution in [3.05, 3.63) is 88.6 Å². The minimum Gasteiger partial charge on any atom is -0.493 e. The number of hydrogen-bond donors (Lipinski definition) is 1. The Balaban J connectivity index is 1.54. The second-order valence-corrected chi connectivity index (χ2v) is 11.4. The number of hydrogen-bond acceptors (Lipinski definition) is 5. The summed E-state index contributed by atoms with van der Waals surface area (Å²) in [5.41, 5.74) is 4.59. The highest BCUT2D eigenvalue weighted by atomic mass is 79.9. The first-order chi connectivity index (χ1) is 17.1. The standard InChI is InChI=1S/C26H20Br2Cl2N2O3S/c1-13-6-17(7-14(2)23(13)28)31-26-32-25(33)22(36-26)11-16-8-18(27)24(21(10-16)34-3)35-12-15-4-5-19(29)20(30)9-15/h4-11H,12H2,1-3H3,(H,31,32,33)/b22-11-. The lowest BCUT2D eigenvalue weighted by atomic mass is 10.1. The molecule has 3 aromatic rings. The fraction of sp³-hybridized carbons (Fsp3) is 0.154. The molecule has 1 fully saturated rings. The summed E-state index contributed by atoms with van der Waals surface area (Å²) in [5.74, 6) is 0.853. The molecule has 10 heteroatoms. The van der Waals surface area contributed by atoms with E-state index in [9.17, 15) is 4.79 Å². The lowest BCUT2D eigenvalue weighted by Gasteiger charge is -2.14. The molecule has 0 radical (unpaired) electrons. The second kappa shape index (κ2) is 11.6. The lowest BCUT2D eigenvalue weighted by Crippen LogP contribution is -2.19. The Labute approximate surface area is 240 Å². The molecule has 1 amide bonds. The highest BCUT2D eigenvalue weighted by Crippen LogP contribution is 2.39. The molecular formula is C26H20Br2Cl2N2O3S. The van der Waals surface area contributed by atoms with Gasteiger partial charge in [-0.2, -0.15) is 0 Å². The average molecular weight is 671 g/mol. The van der Waals surface area contributed by atoms with Gasteiger partial charge in [-0.1, -0.05) is 45.2 Å². The van der Waals surface area contributed by atoms with Gasteiger partial charge >= 0.3 is 0 Å². The molecule has 1 aliphatic heterocycles. The molecule has 186 valence electrons. The number of ether oxygens (including phenoxy) is 2. The van der Waals surface area contributed by atoms with Crippen molar-refractivity contribution in [3.8, 4) is 11.5 Å². The second-order valence-electron chi connectivity index (χ2n) is 7.95. The molecule has 0 spiro atoms. The van der Waals surface area contributed by atoms with E-state index in [1.807, 2.05) is 44.2 Å². The van der Waals surface area contributed by atoms with Gasteiger partial charge in [-0.05, 0) is 106 Å². The van der Waals surface area contributed by atoms with Crippen LogP contribution in [0.3, 0.4) is 0 Å². The number of methoxy groups -OCH3 is 1. The zero-order valence-electron chi connectivity index (χ0n) is 19.4. The molecule has 0 aromatic heterocycles. The normalized spacial score (nSPS) is 15.5. The number of nitrogens with one attached hydrogen (secondary N) is 1. The maximum absolute atomic E-state index is 12.6. The average Bonchev–Trinajstić information content (AvgIpc) is 3.16. The van der Waals surface area contributed by atoms with Crippen LogP contribution in [0.1, 0.15) is 22.3 Å². The number of benzene rings is 3. The molecule has 0 aliphatic carbocycles. The number of nitrogens with zero attached hydrogens (tertiary/aromatic N) is 1. The first-order valence-corrected chi connectivity index (χ1v) is 13.8. The van der Waals surface area contributed by atoms with Gasteiger partial charge in [0, 0.05) is 4.47 Å². The quantitative estimate of drug-likeness (QED) is 0.267. The van der Waals surface area contributed by atoms with Crippen LogP contribution in [0.5, 0.6) is 11.5 Å². The Morgan fingerprint density at radius 2 is 1.78 bits per heavy atom. The van der Waals surface area contributed by atoms with Crippen LogP contribution >= 0.6 is 66.8 Å². The predicted octanol–water partition coefficient (Wildman–Crippen LogP) is 8.61. The highest BCUT2D eigenvalue weighted by molar-refractivity contribution is 9.10. The van der Waals surface area contributed by atoms with E-state index in [-0.39, 0.29) is 12.5 Å².